The Morgan fingerprint density at radius 3 is 2.94 bits per heavy atom. The molecule has 2 saturated heterocycles. The molecule has 0 saturated carbocycles. The molecule has 2 fully saturated rings. The lowest BCUT2D eigenvalue weighted by molar-refractivity contribution is -0.131. The van der Waals surface area contributed by atoms with Gasteiger partial charge in [-0.25, -0.2) is 0 Å². The summed E-state index contributed by atoms with van der Waals surface area (Å²) in [6.45, 7) is 6.08. The fraction of sp³-hybridized carbons (Fsp3) is 0.917. The normalized spacial score (nSPS) is 28.1. The molecule has 1 N–H and O–H groups in total. The molecule has 16 heavy (non-hydrogen) atoms. The number of carbonyl (C=O) groups excluding carboxylic acids is 1. The first-order valence-corrected chi connectivity index (χ1v) is 6.43. The van der Waals surface area contributed by atoms with E-state index in [4.69, 9.17) is 0 Å². The van der Waals surface area contributed by atoms with Crippen molar-refractivity contribution in [3.63, 3.8) is 0 Å². The van der Waals surface area contributed by atoms with Crippen LogP contribution in [0.4, 0.5) is 0 Å². The predicted octanol–water partition coefficient (Wildman–Crippen LogP) is 0.150. The molecule has 0 spiro atoms. The van der Waals surface area contributed by atoms with Crippen LogP contribution in [0.15, 0.2) is 0 Å². The average molecular weight is 225 g/mol. The molecule has 0 bridgehead atoms. The monoisotopic (exact) mass is 225 g/mol. The maximum Gasteiger partial charge on any atom is 0.222 e. The Balaban J connectivity index is 1.77. The van der Waals surface area contributed by atoms with Crippen LogP contribution < -0.4 is 5.32 Å². The van der Waals surface area contributed by atoms with E-state index in [1.807, 2.05) is 4.90 Å². The quantitative estimate of drug-likeness (QED) is 0.726. The summed E-state index contributed by atoms with van der Waals surface area (Å²) in [4.78, 5) is 16.5. The zero-order valence-electron chi connectivity index (χ0n) is 10.2. The van der Waals surface area contributed by atoms with Crippen molar-refractivity contribution in [1.29, 1.82) is 0 Å². The first-order valence-electron chi connectivity index (χ1n) is 6.43. The fourth-order valence-electron chi connectivity index (χ4n) is 2.66. The second-order valence-corrected chi connectivity index (χ2v) is 5.11. The maximum absolute atomic E-state index is 12.1. The second-order valence-electron chi connectivity index (χ2n) is 5.11. The zero-order chi connectivity index (χ0) is 11.4. The van der Waals surface area contributed by atoms with Gasteiger partial charge in [-0.2, -0.15) is 0 Å². The summed E-state index contributed by atoms with van der Waals surface area (Å²) in [6.07, 6.45) is 3.04. The number of amides is 1. The Morgan fingerprint density at radius 1 is 1.31 bits per heavy atom. The van der Waals surface area contributed by atoms with E-state index in [0.717, 1.165) is 52.1 Å². The maximum atomic E-state index is 12.1. The molecule has 4 nitrogen and oxygen atoms in total. The highest BCUT2D eigenvalue weighted by molar-refractivity contribution is 5.76. The summed E-state index contributed by atoms with van der Waals surface area (Å²) >= 11 is 0. The molecule has 2 rings (SSSR count). The molecule has 0 aromatic carbocycles. The van der Waals surface area contributed by atoms with Gasteiger partial charge in [-0.1, -0.05) is 0 Å². The van der Waals surface area contributed by atoms with Gasteiger partial charge in [-0.3, -0.25) is 4.79 Å². The van der Waals surface area contributed by atoms with Crippen LogP contribution in [0.3, 0.4) is 0 Å². The highest BCUT2D eigenvalue weighted by Gasteiger charge is 2.24. The molecule has 1 unspecified atom stereocenters. The minimum atomic E-state index is 0.365. The number of nitrogens with one attached hydrogen (secondary N) is 1. The summed E-state index contributed by atoms with van der Waals surface area (Å²) in [5, 5.41) is 3.33. The van der Waals surface area contributed by atoms with Gasteiger partial charge in [0, 0.05) is 32.6 Å². The average Bonchev–Trinajstić information content (AvgIpc) is 2.56. The summed E-state index contributed by atoms with van der Waals surface area (Å²) < 4.78 is 0. The summed E-state index contributed by atoms with van der Waals surface area (Å²) in [7, 11) is 2.14. The van der Waals surface area contributed by atoms with Gasteiger partial charge < -0.3 is 15.1 Å². The van der Waals surface area contributed by atoms with E-state index in [1.165, 1.54) is 6.42 Å². The van der Waals surface area contributed by atoms with Crippen molar-refractivity contribution in [2.45, 2.75) is 19.3 Å². The zero-order valence-corrected chi connectivity index (χ0v) is 10.2. The van der Waals surface area contributed by atoms with E-state index in [9.17, 15) is 4.79 Å². The molecule has 2 heterocycles. The molecule has 4 heteroatoms. The standard InChI is InChI=1S/C12H23N3O/c1-14-7-3-11(10-14)9-12(16)15-6-2-4-13-5-8-15/h11,13H,2-10H2,1H3. The van der Waals surface area contributed by atoms with Crippen molar-refractivity contribution in [3.8, 4) is 0 Å². The molecule has 0 radical (unpaired) electrons. The van der Waals surface area contributed by atoms with Gasteiger partial charge in [0.2, 0.25) is 5.91 Å². The van der Waals surface area contributed by atoms with Crippen LogP contribution in [0, 0.1) is 5.92 Å². The van der Waals surface area contributed by atoms with Crippen molar-refractivity contribution >= 4 is 5.91 Å². The van der Waals surface area contributed by atoms with Crippen molar-refractivity contribution in [2.75, 3.05) is 46.3 Å². The van der Waals surface area contributed by atoms with Gasteiger partial charge in [-0.05, 0) is 38.9 Å². The fourth-order valence-corrected chi connectivity index (χ4v) is 2.66. The minimum Gasteiger partial charge on any atom is -0.341 e. The van der Waals surface area contributed by atoms with Gasteiger partial charge in [0.05, 0.1) is 0 Å². The van der Waals surface area contributed by atoms with E-state index in [0.29, 0.717) is 11.8 Å². The number of nitrogens with zero attached hydrogens (tertiary/aromatic N) is 2. The third kappa shape index (κ3) is 3.19. The number of likely N-dealkylation sites (tertiary alicyclic amines) is 1. The third-order valence-electron chi connectivity index (χ3n) is 3.65. The van der Waals surface area contributed by atoms with Gasteiger partial charge in [0.15, 0.2) is 0 Å². The van der Waals surface area contributed by atoms with Gasteiger partial charge in [0.25, 0.3) is 0 Å². The Hall–Kier alpha value is -0.610. The Labute approximate surface area is 98.0 Å². The Bertz CT molecular complexity index is 236. The van der Waals surface area contributed by atoms with Crippen molar-refractivity contribution in [3.05, 3.63) is 0 Å². The van der Waals surface area contributed by atoms with E-state index in [-0.39, 0.29) is 0 Å². The summed E-state index contributed by atoms with van der Waals surface area (Å²) in [5.74, 6) is 0.956. The topological polar surface area (TPSA) is 35.6 Å². The minimum absolute atomic E-state index is 0.365. The molecule has 0 aliphatic carbocycles. The molecule has 0 aromatic heterocycles. The molecular weight excluding hydrogens is 202 g/mol. The van der Waals surface area contributed by atoms with E-state index in [2.05, 4.69) is 17.3 Å². The number of hydrogen-bond acceptors (Lipinski definition) is 3. The Morgan fingerprint density at radius 2 is 2.19 bits per heavy atom. The number of carbonyl (C=O) groups is 1. The molecule has 92 valence electrons. The van der Waals surface area contributed by atoms with Crippen LogP contribution in [0.5, 0.6) is 0 Å². The van der Waals surface area contributed by atoms with Crippen LogP contribution in [-0.2, 0) is 4.79 Å². The number of hydrogen-bond donors (Lipinski definition) is 1. The Kier molecular flexibility index (Phi) is 4.18. The van der Waals surface area contributed by atoms with Gasteiger partial charge >= 0.3 is 0 Å². The molecule has 0 aromatic rings. The molecule has 1 atom stereocenters. The lowest BCUT2D eigenvalue weighted by atomic mass is 10.0. The molecule has 1 amide bonds. The van der Waals surface area contributed by atoms with Crippen LogP contribution >= 0.6 is 0 Å². The number of rotatable bonds is 2. The smallest absolute Gasteiger partial charge is 0.222 e. The second kappa shape index (κ2) is 5.64. The lowest BCUT2D eigenvalue weighted by Gasteiger charge is -2.21. The predicted molar refractivity (Wildman–Crippen MR) is 64.3 cm³/mol. The van der Waals surface area contributed by atoms with Crippen molar-refractivity contribution in [1.82, 2.24) is 15.1 Å². The van der Waals surface area contributed by atoms with Gasteiger partial charge in [0.1, 0.15) is 0 Å². The van der Waals surface area contributed by atoms with E-state index in [1.54, 1.807) is 0 Å². The van der Waals surface area contributed by atoms with Crippen LogP contribution in [0.1, 0.15) is 19.3 Å². The lowest BCUT2D eigenvalue weighted by Crippen LogP contribution is -2.35. The first kappa shape index (κ1) is 11.9. The van der Waals surface area contributed by atoms with Crippen LogP contribution in [-0.4, -0.2) is 62.0 Å². The van der Waals surface area contributed by atoms with Gasteiger partial charge in [-0.15, -0.1) is 0 Å². The van der Waals surface area contributed by atoms with Crippen molar-refractivity contribution in [2.24, 2.45) is 5.92 Å². The summed E-state index contributed by atoms with van der Waals surface area (Å²) in [6, 6.07) is 0. The van der Waals surface area contributed by atoms with E-state index < -0.39 is 0 Å². The molecule has 2 aliphatic heterocycles. The largest absolute Gasteiger partial charge is 0.341 e. The highest BCUT2D eigenvalue weighted by atomic mass is 16.2. The van der Waals surface area contributed by atoms with Crippen LogP contribution in [0.2, 0.25) is 0 Å². The van der Waals surface area contributed by atoms with Crippen molar-refractivity contribution < 1.29 is 4.79 Å². The highest BCUT2D eigenvalue weighted by Crippen LogP contribution is 2.19. The molecule has 2 aliphatic rings. The SMILES string of the molecule is CN1CCC(CC(=O)N2CCCNCC2)C1. The van der Waals surface area contributed by atoms with Crippen LogP contribution in [0.25, 0.3) is 0 Å². The molecular formula is C12H23N3O. The summed E-state index contributed by atoms with van der Waals surface area (Å²) in [5.41, 5.74) is 0. The first-order chi connectivity index (χ1) is 7.75. The van der Waals surface area contributed by atoms with E-state index >= 15 is 0 Å². The third-order valence-corrected chi connectivity index (χ3v) is 3.65.